The van der Waals surface area contributed by atoms with Gasteiger partial charge in [-0.3, -0.25) is 9.69 Å². The average Bonchev–Trinajstić information content (AvgIpc) is 2.65. The Bertz CT molecular complexity index is 653. The number of amides is 1. The molecule has 0 spiro atoms. The first kappa shape index (κ1) is 19.2. The number of carbonyl (C=O) groups is 1. The SMILES string of the molecule is CCN(CC)Cc1ccccc1CNC(=O)CC(N)c1ccccc1. The van der Waals surface area contributed by atoms with Gasteiger partial charge < -0.3 is 11.1 Å². The van der Waals surface area contributed by atoms with Gasteiger partial charge in [0.25, 0.3) is 0 Å². The fraction of sp³-hybridized carbons (Fsp3) is 0.381. The minimum Gasteiger partial charge on any atom is -0.352 e. The highest BCUT2D eigenvalue weighted by atomic mass is 16.1. The van der Waals surface area contributed by atoms with Crippen LogP contribution in [-0.2, 0) is 17.9 Å². The Morgan fingerprint density at radius 1 is 1.00 bits per heavy atom. The highest BCUT2D eigenvalue weighted by Crippen LogP contribution is 2.14. The van der Waals surface area contributed by atoms with Gasteiger partial charge in [-0.25, -0.2) is 0 Å². The van der Waals surface area contributed by atoms with Gasteiger partial charge in [-0.05, 0) is 29.8 Å². The highest BCUT2D eigenvalue weighted by molar-refractivity contribution is 5.76. The molecule has 0 saturated carbocycles. The molecule has 4 heteroatoms. The van der Waals surface area contributed by atoms with Crippen molar-refractivity contribution in [3.63, 3.8) is 0 Å². The lowest BCUT2D eigenvalue weighted by Gasteiger charge is -2.20. The van der Waals surface area contributed by atoms with Gasteiger partial charge in [0.2, 0.25) is 5.91 Å². The van der Waals surface area contributed by atoms with Gasteiger partial charge in [0.1, 0.15) is 0 Å². The number of rotatable bonds is 9. The Labute approximate surface area is 151 Å². The molecule has 3 N–H and O–H groups in total. The third-order valence-electron chi connectivity index (χ3n) is 4.52. The summed E-state index contributed by atoms with van der Waals surface area (Å²) >= 11 is 0. The van der Waals surface area contributed by atoms with E-state index in [1.807, 2.05) is 36.4 Å². The number of carbonyl (C=O) groups excluding carboxylic acids is 1. The molecule has 2 rings (SSSR count). The van der Waals surface area contributed by atoms with E-state index >= 15 is 0 Å². The Balaban J connectivity index is 1.91. The molecule has 0 fully saturated rings. The molecule has 1 atom stereocenters. The Hall–Kier alpha value is -2.17. The summed E-state index contributed by atoms with van der Waals surface area (Å²) in [4.78, 5) is 14.6. The van der Waals surface area contributed by atoms with Crippen molar-refractivity contribution in [1.29, 1.82) is 0 Å². The van der Waals surface area contributed by atoms with Gasteiger partial charge in [0.15, 0.2) is 0 Å². The standard InChI is InChI=1S/C21H29N3O/c1-3-24(4-2)16-19-13-9-8-12-18(19)15-23-21(25)14-20(22)17-10-6-5-7-11-17/h5-13,20H,3-4,14-16,22H2,1-2H3,(H,23,25). The summed E-state index contributed by atoms with van der Waals surface area (Å²) in [5.41, 5.74) is 9.54. The predicted molar refractivity (Wildman–Crippen MR) is 103 cm³/mol. The monoisotopic (exact) mass is 339 g/mol. The van der Waals surface area contributed by atoms with Gasteiger partial charge in [0, 0.05) is 25.6 Å². The van der Waals surface area contributed by atoms with Crippen LogP contribution in [0.1, 0.15) is 43.0 Å². The third-order valence-corrected chi connectivity index (χ3v) is 4.52. The van der Waals surface area contributed by atoms with Gasteiger partial charge in [-0.15, -0.1) is 0 Å². The molecule has 1 unspecified atom stereocenters. The first-order valence-electron chi connectivity index (χ1n) is 9.00. The molecule has 0 bridgehead atoms. The van der Waals surface area contributed by atoms with Crippen LogP contribution < -0.4 is 11.1 Å². The quantitative estimate of drug-likeness (QED) is 0.737. The minimum atomic E-state index is -0.271. The first-order chi connectivity index (χ1) is 12.1. The van der Waals surface area contributed by atoms with Crippen LogP contribution in [0, 0.1) is 0 Å². The van der Waals surface area contributed by atoms with Gasteiger partial charge >= 0.3 is 0 Å². The van der Waals surface area contributed by atoms with Gasteiger partial charge in [-0.1, -0.05) is 68.4 Å². The highest BCUT2D eigenvalue weighted by Gasteiger charge is 2.12. The average molecular weight is 339 g/mol. The molecule has 0 aliphatic carbocycles. The number of hydrogen-bond donors (Lipinski definition) is 2. The van der Waals surface area contributed by atoms with E-state index in [2.05, 4.69) is 42.3 Å². The van der Waals surface area contributed by atoms with Crippen LogP contribution in [0.2, 0.25) is 0 Å². The van der Waals surface area contributed by atoms with E-state index in [-0.39, 0.29) is 11.9 Å². The zero-order chi connectivity index (χ0) is 18.1. The summed E-state index contributed by atoms with van der Waals surface area (Å²) in [5, 5.41) is 3.01. The summed E-state index contributed by atoms with van der Waals surface area (Å²) in [5.74, 6) is -0.0194. The third kappa shape index (κ3) is 6.00. The van der Waals surface area contributed by atoms with Crippen molar-refractivity contribution in [3.05, 3.63) is 71.3 Å². The molecule has 1 amide bonds. The number of benzene rings is 2. The molecule has 0 heterocycles. The summed E-state index contributed by atoms with van der Waals surface area (Å²) in [7, 11) is 0. The topological polar surface area (TPSA) is 58.4 Å². The molecule has 4 nitrogen and oxygen atoms in total. The fourth-order valence-electron chi connectivity index (χ4n) is 2.86. The zero-order valence-electron chi connectivity index (χ0n) is 15.2. The maximum Gasteiger partial charge on any atom is 0.222 e. The van der Waals surface area contributed by atoms with Gasteiger partial charge in [0.05, 0.1) is 0 Å². The van der Waals surface area contributed by atoms with Crippen LogP contribution >= 0.6 is 0 Å². The van der Waals surface area contributed by atoms with Crippen molar-refractivity contribution >= 4 is 5.91 Å². The van der Waals surface area contributed by atoms with Crippen molar-refractivity contribution in [3.8, 4) is 0 Å². The summed E-state index contributed by atoms with van der Waals surface area (Å²) in [6.45, 7) is 7.81. The molecular formula is C21H29N3O. The van der Waals surface area contributed by atoms with E-state index in [1.54, 1.807) is 0 Å². The van der Waals surface area contributed by atoms with E-state index in [1.165, 1.54) is 5.56 Å². The Morgan fingerprint density at radius 3 is 2.24 bits per heavy atom. The molecule has 2 aromatic rings. The van der Waals surface area contributed by atoms with Gasteiger partial charge in [-0.2, -0.15) is 0 Å². The smallest absolute Gasteiger partial charge is 0.222 e. The molecule has 0 aromatic heterocycles. The zero-order valence-corrected chi connectivity index (χ0v) is 15.2. The minimum absolute atomic E-state index is 0.0194. The van der Waals surface area contributed by atoms with Crippen molar-refractivity contribution in [2.75, 3.05) is 13.1 Å². The first-order valence-corrected chi connectivity index (χ1v) is 9.00. The Morgan fingerprint density at radius 2 is 1.60 bits per heavy atom. The predicted octanol–water partition coefficient (Wildman–Crippen LogP) is 3.23. The number of nitrogens with one attached hydrogen (secondary N) is 1. The molecule has 0 aliphatic heterocycles. The van der Waals surface area contributed by atoms with Crippen LogP contribution in [0.15, 0.2) is 54.6 Å². The van der Waals surface area contributed by atoms with Crippen molar-refractivity contribution < 1.29 is 4.79 Å². The van der Waals surface area contributed by atoms with Crippen molar-refractivity contribution in [2.24, 2.45) is 5.73 Å². The van der Waals surface area contributed by atoms with E-state index in [0.29, 0.717) is 13.0 Å². The summed E-state index contributed by atoms with van der Waals surface area (Å²) in [6.07, 6.45) is 0.294. The van der Waals surface area contributed by atoms with Crippen LogP contribution in [0.3, 0.4) is 0 Å². The second kappa shape index (κ2) is 9.97. The maximum atomic E-state index is 12.2. The van der Waals surface area contributed by atoms with Crippen LogP contribution in [0.4, 0.5) is 0 Å². The number of nitrogens with two attached hydrogens (primary N) is 1. The second-order valence-corrected chi connectivity index (χ2v) is 6.23. The largest absolute Gasteiger partial charge is 0.352 e. The van der Waals surface area contributed by atoms with E-state index < -0.39 is 0 Å². The van der Waals surface area contributed by atoms with Crippen molar-refractivity contribution in [2.45, 2.75) is 39.4 Å². The number of nitrogens with zero attached hydrogens (tertiary/aromatic N) is 1. The summed E-state index contributed by atoms with van der Waals surface area (Å²) in [6, 6.07) is 17.8. The number of hydrogen-bond acceptors (Lipinski definition) is 3. The van der Waals surface area contributed by atoms with E-state index in [4.69, 9.17) is 5.73 Å². The molecule has 25 heavy (non-hydrogen) atoms. The molecule has 0 radical (unpaired) electrons. The van der Waals surface area contributed by atoms with E-state index in [9.17, 15) is 4.79 Å². The molecule has 134 valence electrons. The second-order valence-electron chi connectivity index (χ2n) is 6.23. The molecule has 0 saturated heterocycles. The lowest BCUT2D eigenvalue weighted by molar-refractivity contribution is -0.121. The normalized spacial score (nSPS) is 12.2. The van der Waals surface area contributed by atoms with Crippen LogP contribution in [-0.4, -0.2) is 23.9 Å². The fourth-order valence-corrected chi connectivity index (χ4v) is 2.86. The molecule has 2 aromatic carbocycles. The lowest BCUT2D eigenvalue weighted by Crippen LogP contribution is -2.28. The van der Waals surface area contributed by atoms with Crippen molar-refractivity contribution in [1.82, 2.24) is 10.2 Å². The van der Waals surface area contributed by atoms with Crippen LogP contribution in [0.5, 0.6) is 0 Å². The maximum absolute atomic E-state index is 12.2. The molecule has 0 aliphatic rings. The van der Waals surface area contributed by atoms with E-state index in [0.717, 1.165) is 30.8 Å². The van der Waals surface area contributed by atoms with Crippen LogP contribution in [0.25, 0.3) is 0 Å². The lowest BCUT2D eigenvalue weighted by atomic mass is 10.0. The Kier molecular flexibility index (Phi) is 7.64. The molecular weight excluding hydrogens is 310 g/mol. The summed E-state index contributed by atoms with van der Waals surface area (Å²) < 4.78 is 0.